The maximum atomic E-state index is 10.8. The van der Waals surface area contributed by atoms with Gasteiger partial charge in [0.15, 0.2) is 0 Å². The van der Waals surface area contributed by atoms with E-state index in [1.165, 1.54) is 0 Å². The largest absolute Gasteiger partial charge is 0.378 e. The Morgan fingerprint density at radius 1 is 0.840 bits per heavy atom. The van der Waals surface area contributed by atoms with Crippen LogP contribution in [0.1, 0.15) is 46.5 Å². The van der Waals surface area contributed by atoms with Gasteiger partial charge in [0, 0.05) is 13.2 Å². The maximum absolute atomic E-state index is 10.8. The second-order valence-corrected chi connectivity index (χ2v) is 9.88. The Hall–Kier alpha value is -0.260. The average molecular weight is 405 g/mol. The molecule has 0 saturated carbocycles. The van der Waals surface area contributed by atoms with Crippen LogP contribution in [-0.4, -0.2) is 67.5 Å². The lowest BCUT2D eigenvalue weighted by Gasteiger charge is -2.26. The van der Waals surface area contributed by atoms with Gasteiger partial charge in [0.25, 0.3) is 20.2 Å². The van der Waals surface area contributed by atoms with Crippen molar-refractivity contribution >= 4 is 20.2 Å². The van der Waals surface area contributed by atoms with Crippen molar-refractivity contribution in [1.29, 1.82) is 0 Å². The summed E-state index contributed by atoms with van der Waals surface area (Å²) < 4.78 is 64.0. The van der Waals surface area contributed by atoms with Gasteiger partial charge in [-0.05, 0) is 46.5 Å². The molecular weight excluding hydrogens is 372 g/mol. The van der Waals surface area contributed by atoms with Gasteiger partial charge < -0.3 is 9.47 Å². The standard InChI is InChI=1S/C15H32O8S2/c1-14(8-6-11-22-24(4,16)17)20-13-9-15(2,3)21-10-7-12-23-25(5,18)19/h14H,6-13H2,1-5H3. The van der Waals surface area contributed by atoms with Gasteiger partial charge in [-0.15, -0.1) is 0 Å². The van der Waals surface area contributed by atoms with E-state index in [4.69, 9.17) is 9.47 Å². The van der Waals surface area contributed by atoms with Crippen LogP contribution in [0.5, 0.6) is 0 Å². The van der Waals surface area contributed by atoms with Gasteiger partial charge in [0.1, 0.15) is 0 Å². The Morgan fingerprint density at radius 3 is 1.88 bits per heavy atom. The van der Waals surface area contributed by atoms with Crippen LogP contribution in [-0.2, 0) is 38.1 Å². The SMILES string of the molecule is CC(CCCOS(C)(=O)=O)OCCC(C)(C)OCCCOS(C)(=O)=O. The van der Waals surface area contributed by atoms with Crippen LogP contribution in [0.4, 0.5) is 0 Å². The molecule has 0 saturated heterocycles. The smallest absolute Gasteiger partial charge is 0.264 e. The van der Waals surface area contributed by atoms with Gasteiger partial charge in [0.2, 0.25) is 0 Å². The fraction of sp³-hybridized carbons (Fsp3) is 1.00. The maximum Gasteiger partial charge on any atom is 0.264 e. The highest BCUT2D eigenvalue weighted by Crippen LogP contribution is 2.16. The van der Waals surface area contributed by atoms with Gasteiger partial charge in [-0.2, -0.15) is 16.8 Å². The molecule has 0 aromatic carbocycles. The van der Waals surface area contributed by atoms with Crippen LogP contribution in [0.15, 0.2) is 0 Å². The zero-order valence-corrected chi connectivity index (χ0v) is 17.4. The van der Waals surface area contributed by atoms with E-state index >= 15 is 0 Å². The molecule has 0 aliphatic heterocycles. The van der Waals surface area contributed by atoms with Crippen LogP contribution in [0.3, 0.4) is 0 Å². The molecule has 0 amide bonds. The second-order valence-electron chi connectivity index (χ2n) is 6.59. The number of rotatable bonds is 15. The highest BCUT2D eigenvalue weighted by molar-refractivity contribution is 7.86. The van der Waals surface area contributed by atoms with E-state index in [0.717, 1.165) is 12.5 Å². The van der Waals surface area contributed by atoms with Crippen LogP contribution < -0.4 is 0 Å². The summed E-state index contributed by atoms with van der Waals surface area (Å²) in [6, 6.07) is 0. The van der Waals surface area contributed by atoms with Gasteiger partial charge in [-0.1, -0.05) is 0 Å². The molecule has 10 heteroatoms. The third-order valence-corrected chi connectivity index (χ3v) is 4.43. The predicted molar refractivity (Wildman–Crippen MR) is 95.5 cm³/mol. The lowest BCUT2D eigenvalue weighted by atomic mass is 10.1. The quantitative estimate of drug-likeness (QED) is 0.300. The molecule has 0 aliphatic carbocycles. The summed E-state index contributed by atoms with van der Waals surface area (Å²) in [5.41, 5.74) is -0.385. The number of hydrogen-bond acceptors (Lipinski definition) is 8. The van der Waals surface area contributed by atoms with Crippen LogP contribution >= 0.6 is 0 Å². The molecule has 152 valence electrons. The normalized spacial score (nSPS) is 14.6. The van der Waals surface area contributed by atoms with Gasteiger partial charge >= 0.3 is 0 Å². The summed E-state index contributed by atoms with van der Waals surface area (Å²) >= 11 is 0. The first-order chi connectivity index (χ1) is 11.3. The van der Waals surface area contributed by atoms with Crippen LogP contribution in [0.2, 0.25) is 0 Å². The van der Waals surface area contributed by atoms with Gasteiger partial charge in [0.05, 0.1) is 37.4 Å². The minimum atomic E-state index is -3.40. The highest BCUT2D eigenvalue weighted by Gasteiger charge is 2.18. The summed E-state index contributed by atoms with van der Waals surface area (Å²) in [7, 11) is -6.78. The molecule has 0 rings (SSSR count). The lowest BCUT2D eigenvalue weighted by molar-refractivity contribution is -0.0526. The Morgan fingerprint density at radius 2 is 1.36 bits per heavy atom. The van der Waals surface area contributed by atoms with E-state index in [1.807, 2.05) is 20.8 Å². The molecule has 0 radical (unpaired) electrons. The second kappa shape index (κ2) is 11.5. The van der Waals surface area contributed by atoms with E-state index in [1.54, 1.807) is 0 Å². The van der Waals surface area contributed by atoms with Crippen molar-refractivity contribution in [2.75, 3.05) is 38.9 Å². The summed E-state index contributed by atoms with van der Waals surface area (Å²) in [6.07, 6.45) is 4.54. The van der Waals surface area contributed by atoms with Gasteiger partial charge in [-0.3, -0.25) is 8.37 Å². The number of hydrogen-bond donors (Lipinski definition) is 0. The van der Waals surface area contributed by atoms with Crippen molar-refractivity contribution < 1.29 is 34.7 Å². The summed E-state index contributed by atoms with van der Waals surface area (Å²) in [6.45, 7) is 7.00. The monoisotopic (exact) mass is 404 g/mol. The first-order valence-corrected chi connectivity index (χ1v) is 11.9. The van der Waals surface area contributed by atoms with E-state index in [9.17, 15) is 16.8 Å². The summed E-state index contributed by atoms with van der Waals surface area (Å²) in [4.78, 5) is 0. The van der Waals surface area contributed by atoms with E-state index < -0.39 is 20.2 Å². The van der Waals surface area contributed by atoms with Crippen molar-refractivity contribution in [2.45, 2.75) is 58.2 Å². The van der Waals surface area contributed by atoms with Gasteiger partial charge in [-0.25, -0.2) is 0 Å². The topological polar surface area (TPSA) is 105 Å². The molecule has 0 N–H and O–H groups in total. The molecule has 25 heavy (non-hydrogen) atoms. The van der Waals surface area contributed by atoms with Crippen molar-refractivity contribution in [3.05, 3.63) is 0 Å². The molecule has 0 heterocycles. The fourth-order valence-corrected chi connectivity index (χ4v) is 2.70. The Kier molecular flexibility index (Phi) is 11.3. The molecule has 1 unspecified atom stereocenters. The molecule has 0 spiro atoms. The van der Waals surface area contributed by atoms with Crippen molar-refractivity contribution in [3.63, 3.8) is 0 Å². The molecule has 0 aromatic heterocycles. The third-order valence-electron chi connectivity index (χ3n) is 3.24. The molecule has 8 nitrogen and oxygen atoms in total. The fourth-order valence-electron chi connectivity index (χ4n) is 1.86. The van der Waals surface area contributed by atoms with Crippen LogP contribution in [0, 0.1) is 0 Å². The Bertz CT molecular complexity index is 554. The minimum absolute atomic E-state index is 0.00196. The van der Waals surface area contributed by atoms with Crippen LogP contribution in [0.25, 0.3) is 0 Å². The molecule has 0 aromatic rings. The Balaban J connectivity index is 3.75. The first-order valence-electron chi connectivity index (χ1n) is 8.25. The molecule has 0 aliphatic rings. The van der Waals surface area contributed by atoms with Crippen molar-refractivity contribution in [1.82, 2.24) is 0 Å². The zero-order chi connectivity index (χ0) is 19.6. The lowest BCUT2D eigenvalue weighted by Crippen LogP contribution is -2.28. The molecule has 1 atom stereocenters. The zero-order valence-electron chi connectivity index (χ0n) is 15.8. The van der Waals surface area contributed by atoms with E-state index in [2.05, 4.69) is 8.37 Å². The first kappa shape index (κ1) is 24.7. The van der Waals surface area contributed by atoms with E-state index in [-0.39, 0.29) is 24.9 Å². The Labute approximate surface area is 152 Å². The van der Waals surface area contributed by atoms with Crippen molar-refractivity contribution in [2.24, 2.45) is 0 Å². The molecular formula is C15H32O8S2. The average Bonchev–Trinajstić information content (AvgIpc) is 2.40. The minimum Gasteiger partial charge on any atom is -0.378 e. The highest BCUT2D eigenvalue weighted by atomic mass is 32.2. The molecule has 0 fully saturated rings. The predicted octanol–water partition coefficient (Wildman–Crippen LogP) is 1.70. The third kappa shape index (κ3) is 18.3. The summed E-state index contributed by atoms with van der Waals surface area (Å²) in [5, 5.41) is 0. The summed E-state index contributed by atoms with van der Waals surface area (Å²) in [5.74, 6) is 0. The number of ether oxygens (including phenoxy) is 2. The van der Waals surface area contributed by atoms with E-state index in [0.29, 0.717) is 38.9 Å². The van der Waals surface area contributed by atoms with Crippen molar-refractivity contribution in [3.8, 4) is 0 Å². The molecule has 0 bridgehead atoms.